The summed E-state index contributed by atoms with van der Waals surface area (Å²) in [4.78, 5) is 4.09. The standard InChI is InChI=1S/C11H14N4/c1-7-3-4-8(2)9(5-7)6-10-13-11(12)15-14-10/h3-5H,6H2,1-2H3,(H3,12,13,14,15). The lowest BCUT2D eigenvalue weighted by Gasteiger charge is -2.04. The summed E-state index contributed by atoms with van der Waals surface area (Å²) in [7, 11) is 0. The van der Waals surface area contributed by atoms with Crippen molar-refractivity contribution in [3.8, 4) is 0 Å². The van der Waals surface area contributed by atoms with Crippen LogP contribution in [0, 0.1) is 13.8 Å². The zero-order chi connectivity index (χ0) is 10.8. The Balaban J connectivity index is 2.27. The van der Waals surface area contributed by atoms with Gasteiger partial charge in [0.2, 0.25) is 5.95 Å². The van der Waals surface area contributed by atoms with Crippen LogP contribution in [0.2, 0.25) is 0 Å². The normalized spacial score (nSPS) is 10.5. The Morgan fingerprint density at radius 3 is 2.80 bits per heavy atom. The molecule has 3 N–H and O–H groups in total. The van der Waals surface area contributed by atoms with Gasteiger partial charge in [0.05, 0.1) is 0 Å². The second-order valence-electron chi connectivity index (χ2n) is 3.75. The number of aryl methyl sites for hydroxylation is 2. The molecule has 0 aliphatic carbocycles. The molecule has 0 spiro atoms. The van der Waals surface area contributed by atoms with Crippen molar-refractivity contribution in [1.82, 2.24) is 15.2 Å². The first-order valence-corrected chi connectivity index (χ1v) is 4.88. The number of hydrogen-bond acceptors (Lipinski definition) is 3. The van der Waals surface area contributed by atoms with Crippen LogP contribution in [-0.4, -0.2) is 15.2 Å². The second kappa shape index (κ2) is 3.73. The number of rotatable bonds is 2. The van der Waals surface area contributed by atoms with Crippen molar-refractivity contribution in [2.45, 2.75) is 20.3 Å². The SMILES string of the molecule is Cc1ccc(C)c(Cc2nc(N)n[nH]2)c1. The molecule has 0 saturated carbocycles. The molecule has 0 atom stereocenters. The summed E-state index contributed by atoms with van der Waals surface area (Å²) in [5, 5.41) is 6.62. The highest BCUT2D eigenvalue weighted by atomic mass is 15.3. The van der Waals surface area contributed by atoms with Gasteiger partial charge in [0.15, 0.2) is 0 Å². The van der Waals surface area contributed by atoms with Gasteiger partial charge in [-0.05, 0) is 25.0 Å². The van der Waals surface area contributed by atoms with Crippen LogP contribution in [0.5, 0.6) is 0 Å². The van der Waals surface area contributed by atoms with Gasteiger partial charge in [-0.1, -0.05) is 23.8 Å². The van der Waals surface area contributed by atoms with E-state index in [1.54, 1.807) is 0 Å². The van der Waals surface area contributed by atoms with Crippen molar-refractivity contribution >= 4 is 5.95 Å². The largest absolute Gasteiger partial charge is 0.367 e. The number of H-pyrrole nitrogens is 1. The minimum absolute atomic E-state index is 0.301. The fraction of sp³-hybridized carbons (Fsp3) is 0.273. The molecule has 15 heavy (non-hydrogen) atoms. The molecule has 4 heteroatoms. The lowest BCUT2D eigenvalue weighted by atomic mass is 10.0. The third kappa shape index (κ3) is 2.15. The fourth-order valence-electron chi connectivity index (χ4n) is 1.56. The van der Waals surface area contributed by atoms with Gasteiger partial charge >= 0.3 is 0 Å². The molecular formula is C11H14N4. The summed E-state index contributed by atoms with van der Waals surface area (Å²) in [6, 6.07) is 6.38. The summed E-state index contributed by atoms with van der Waals surface area (Å²) in [6.07, 6.45) is 0.748. The van der Waals surface area contributed by atoms with E-state index in [0.29, 0.717) is 5.95 Å². The van der Waals surface area contributed by atoms with Crippen LogP contribution in [-0.2, 0) is 6.42 Å². The van der Waals surface area contributed by atoms with Crippen LogP contribution in [0.25, 0.3) is 0 Å². The van der Waals surface area contributed by atoms with Gasteiger partial charge in [-0.3, -0.25) is 5.10 Å². The van der Waals surface area contributed by atoms with Gasteiger partial charge in [0.1, 0.15) is 5.82 Å². The Morgan fingerprint density at radius 2 is 2.13 bits per heavy atom. The number of aromatic nitrogens is 3. The van der Waals surface area contributed by atoms with E-state index < -0.39 is 0 Å². The van der Waals surface area contributed by atoms with E-state index in [1.807, 2.05) is 0 Å². The first-order chi connectivity index (χ1) is 7.15. The Morgan fingerprint density at radius 1 is 1.33 bits per heavy atom. The lowest BCUT2D eigenvalue weighted by molar-refractivity contribution is 0.964. The van der Waals surface area contributed by atoms with Gasteiger partial charge in [-0.25, -0.2) is 0 Å². The predicted octanol–water partition coefficient (Wildman–Crippen LogP) is 1.59. The van der Waals surface area contributed by atoms with E-state index in [9.17, 15) is 0 Å². The van der Waals surface area contributed by atoms with E-state index in [1.165, 1.54) is 16.7 Å². The predicted molar refractivity (Wildman–Crippen MR) is 59.5 cm³/mol. The molecule has 1 aromatic heterocycles. The van der Waals surface area contributed by atoms with E-state index in [0.717, 1.165) is 12.2 Å². The molecule has 4 nitrogen and oxygen atoms in total. The van der Waals surface area contributed by atoms with Crippen molar-refractivity contribution in [3.05, 3.63) is 40.7 Å². The molecular weight excluding hydrogens is 188 g/mol. The average molecular weight is 202 g/mol. The molecule has 1 aromatic carbocycles. The molecule has 0 aliphatic heterocycles. The maximum atomic E-state index is 5.45. The zero-order valence-corrected chi connectivity index (χ0v) is 8.91. The number of nitrogens with zero attached hydrogens (tertiary/aromatic N) is 2. The molecule has 0 bridgehead atoms. The molecule has 0 fully saturated rings. The maximum absolute atomic E-state index is 5.45. The minimum Gasteiger partial charge on any atom is -0.367 e. The first-order valence-electron chi connectivity index (χ1n) is 4.88. The molecule has 0 unspecified atom stereocenters. The number of nitrogens with one attached hydrogen (secondary N) is 1. The fourth-order valence-corrected chi connectivity index (χ4v) is 1.56. The monoisotopic (exact) mass is 202 g/mol. The summed E-state index contributed by atoms with van der Waals surface area (Å²) in [5.74, 6) is 1.11. The van der Waals surface area contributed by atoms with Crippen LogP contribution in [0.1, 0.15) is 22.5 Å². The highest BCUT2D eigenvalue weighted by Crippen LogP contribution is 2.13. The Kier molecular flexibility index (Phi) is 2.41. The first kappa shape index (κ1) is 9.71. The van der Waals surface area contributed by atoms with E-state index >= 15 is 0 Å². The quantitative estimate of drug-likeness (QED) is 0.777. The Labute approximate surface area is 88.5 Å². The number of benzene rings is 1. The summed E-state index contributed by atoms with van der Waals surface area (Å²) in [5.41, 5.74) is 9.22. The lowest BCUT2D eigenvalue weighted by Crippen LogP contribution is -1.95. The van der Waals surface area contributed by atoms with Crippen molar-refractivity contribution in [2.24, 2.45) is 0 Å². The van der Waals surface area contributed by atoms with Crippen molar-refractivity contribution in [1.29, 1.82) is 0 Å². The van der Waals surface area contributed by atoms with Gasteiger partial charge in [0, 0.05) is 6.42 Å². The van der Waals surface area contributed by atoms with Gasteiger partial charge < -0.3 is 5.73 Å². The van der Waals surface area contributed by atoms with E-state index in [4.69, 9.17) is 5.73 Å². The van der Waals surface area contributed by atoms with Gasteiger partial charge in [0.25, 0.3) is 0 Å². The zero-order valence-electron chi connectivity index (χ0n) is 8.91. The van der Waals surface area contributed by atoms with Crippen LogP contribution in [0.15, 0.2) is 18.2 Å². The number of nitrogens with two attached hydrogens (primary N) is 1. The summed E-state index contributed by atoms with van der Waals surface area (Å²) in [6.45, 7) is 4.17. The van der Waals surface area contributed by atoms with E-state index in [2.05, 4.69) is 47.2 Å². The number of hydrogen-bond donors (Lipinski definition) is 2. The molecule has 2 rings (SSSR count). The summed E-state index contributed by atoms with van der Waals surface area (Å²) >= 11 is 0. The van der Waals surface area contributed by atoms with Crippen molar-refractivity contribution in [3.63, 3.8) is 0 Å². The molecule has 2 aromatic rings. The Hall–Kier alpha value is -1.84. The van der Waals surface area contributed by atoms with E-state index in [-0.39, 0.29) is 0 Å². The minimum atomic E-state index is 0.301. The maximum Gasteiger partial charge on any atom is 0.239 e. The smallest absolute Gasteiger partial charge is 0.239 e. The highest BCUT2D eigenvalue weighted by Gasteiger charge is 2.04. The molecule has 0 radical (unpaired) electrons. The molecule has 1 heterocycles. The van der Waals surface area contributed by atoms with Crippen LogP contribution in [0.4, 0.5) is 5.95 Å². The third-order valence-corrected chi connectivity index (χ3v) is 2.41. The number of anilines is 1. The molecule has 78 valence electrons. The molecule has 0 saturated heterocycles. The van der Waals surface area contributed by atoms with Crippen LogP contribution in [0.3, 0.4) is 0 Å². The topological polar surface area (TPSA) is 67.6 Å². The number of aromatic amines is 1. The average Bonchev–Trinajstić information content (AvgIpc) is 2.58. The third-order valence-electron chi connectivity index (χ3n) is 2.41. The van der Waals surface area contributed by atoms with Crippen LogP contribution >= 0.6 is 0 Å². The Bertz CT molecular complexity index is 473. The molecule has 0 aliphatic rings. The number of nitrogen functional groups attached to an aromatic ring is 1. The van der Waals surface area contributed by atoms with Crippen molar-refractivity contribution < 1.29 is 0 Å². The summed E-state index contributed by atoms with van der Waals surface area (Å²) < 4.78 is 0. The van der Waals surface area contributed by atoms with Crippen molar-refractivity contribution in [2.75, 3.05) is 5.73 Å². The van der Waals surface area contributed by atoms with Crippen LogP contribution < -0.4 is 5.73 Å². The molecule has 0 amide bonds. The second-order valence-corrected chi connectivity index (χ2v) is 3.75. The van der Waals surface area contributed by atoms with Gasteiger partial charge in [-0.15, -0.1) is 5.10 Å². The van der Waals surface area contributed by atoms with Gasteiger partial charge in [-0.2, -0.15) is 4.98 Å². The highest BCUT2D eigenvalue weighted by molar-refractivity contribution is 5.32.